The molecule has 2 aromatic heterocycles. The Balaban J connectivity index is 1.69. The summed E-state index contributed by atoms with van der Waals surface area (Å²) in [7, 11) is 4.80. The summed E-state index contributed by atoms with van der Waals surface area (Å²) < 4.78 is 16.2. The molecule has 0 radical (unpaired) electrons. The molecule has 8 heteroatoms. The van der Waals surface area contributed by atoms with Crippen LogP contribution in [0.15, 0.2) is 66.7 Å². The number of pyridine rings is 1. The molecule has 3 N–H and O–H groups in total. The van der Waals surface area contributed by atoms with Crippen LogP contribution in [0.2, 0.25) is 0 Å². The number of anilines is 2. The van der Waals surface area contributed by atoms with Gasteiger partial charge in [0.25, 0.3) is 5.91 Å². The quantitative estimate of drug-likeness (QED) is 0.229. The molecule has 1 amide bonds. The van der Waals surface area contributed by atoms with Crippen molar-refractivity contribution in [3.8, 4) is 39.6 Å². The van der Waals surface area contributed by atoms with Crippen LogP contribution in [0.25, 0.3) is 32.6 Å². The van der Waals surface area contributed by atoms with Gasteiger partial charge in [-0.1, -0.05) is 23.8 Å². The lowest BCUT2D eigenvalue weighted by molar-refractivity contribution is 0.103. The van der Waals surface area contributed by atoms with Gasteiger partial charge in [-0.3, -0.25) is 4.79 Å². The lowest BCUT2D eigenvalue weighted by Gasteiger charge is -2.13. The van der Waals surface area contributed by atoms with Gasteiger partial charge >= 0.3 is 0 Å². The number of hydrogen-bond acceptors (Lipinski definition) is 7. The molecule has 0 spiro atoms. The second kappa shape index (κ2) is 10.7. The van der Waals surface area contributed by atoms with Crippen LogP contribution in [-0.2, 0) is 0 Å². The van der Waals surface area contributed by atoms with E-state index in [2.05, 4.69) is 37.4 Å². The van der Waals surface area contributed by atoms with Crippen LogP contribution in [0.4, 0.5) is 11.4 Å². The Kier molecular flexibility index (Phi) is 7.13. The molecular weight excluding hydrogens is 510 g/mol. The highest BCUT2D eigenvalue weighted by Crippen LogP contribution is 2.43. The minimum atomic E-state index is -0.299. The predicted molar refractivity (Wildman–Crippen MR) is 158 cm³/mol. The normalized spacial score (nSPS) is 10.9. The van der Waals surface area contributed by atoms with E-state index in [9.17, 15) is 4.79 Å². The van der Waals surface area contributed by atoms with Crippen LogP contribution in [0, 0.1) is 13.8 Å². The Labute approximate surface area is 231 Å². The molecule has 39 heavy (non-hydrogen) atoms. The van der Waals surface area contributed by atoms with Crippen molar-refractivity contribution in [3.63, 3.8) is 0 Å². The minimum Gasteiger partial charge on any atom is -0.497 e. The van der Waals surface area contributed by atoms with E-state index >= 15 is 0 Å². The molecule has 0 aliphatic heterocycles. The Morgan fingerprint density at radius 2 is 1.59 bits per heavy atom. The first kappa shape index (κ1) is 26.1. The molecule has 0 atom stereocenters. The van der Waals surface area contributed by atoms with Gasteiger partial charge in [-0.25, -0.2) is 4.98 Å². The number of benzene rings is 3. The van der Waals surface area contributed by atoms with E-state index in [1.54, 1.807) is 45.6 Å². The number of carbonyl (C=O) groups is 1. The maximum Gasteiger partial charge on any atom is 0.267 e. The standard InChI is InChI=1S/C31H29N3O4S/c1-17-6-7-18(2)22(14-17)24-16-23(19-8-13-25(37-4)26(15-19)38-5)27-28(32)29(39-31(27)34-24)30(35)33-20-9-11-21(36-3)12-10-20/h6-16H,32H2,1-5H3,(H,33,35). The zero-order chi connectivity index (χ0) is 27.7. The summed E-state index contributed by atoms with van der Waals surface area (Å²) in [6, 6.07) is 21.2. The van der Waals surface area contributed by atoms with Crippen molar-refractivity contribution < 1.29 is 19.0 Å². The summed E-state index contributed by atoms with van der Waals surface area (Å²) in [6.07, 6.45) is 0. The monoisotopic (exact) mass is 539 g/mol. The Morgan fingerprint density at radius 1 is 0.846 bits per heavy atom. The third-order valence-corrected chi connectivity index (χ3v) is 7.71. The molecule has 3 aromatic carbocycles. The number of aromatic nitrogens is 1. The van der Waals surface area contributed by atoms with Crippen molar-refractivity contribution in [2.75, 3.05) is 32.4 Å². The molecule has 0 fully saturated rings. The number of nitrogens with one attached hydrogen (secondary N) is 1. The first-order valence-corrected chi connectivity index (χ1v) is 13.1. The lowest BCUT2D eigenvalue weighted by Crippen LogP contribution is -2.11. The highest BCUT2D eigenvalue weighted by molar-refractivity contribution is 7.21. The van der Waals surface area contributed by atoms with Gasteiger partial charge in [-0.2, -0.15) is 0 Å². The van der Waals surface area contributed by atoms with Gasteiger partial charge in [0, 0.05) is 16.6 Å². The van der Waals surface area contributed by atoms with Crippen LogP contribution in [-0.4, -0.2) is 32.2 Å². The number of nitrogen functional groups attached to an aromatic ring is 1. The number of fused-ring (bicyclic) bond motifs is 1. The fourth-order valence-electron chi connectivity index (χ4n) is 4.53. The fourth-order valence-corrected chi connectivity index (χ4v) is 5.55. The van der Waals surface area contributed by atoms with Crippen molar-refractivity contribution in [1.29, 1.82) is 0 Å². The summed E-state index contributed by atoms with van der Waals surface area (Å²) in [6.45, 7) is 4.12. The van der Waals surface area contributed by atoms with Crippen molar-refractivity contribution >= 4 is 38.8 Å². The van der Waals surface area contributed by atoms with Crippen LogP contribution >= 0.6 is 11.3 Å². The first-order valence-electron chi connectivity index (χ1n) is 12.3. The lowest BCUT2D eigenvalue weighted by atomic mass is 9.96. The average molecular weight is 540 g/mol. The van der Waals surface area contributed by atoms with Crippen LogP contribution in [0.3, 0.4) is 0 Å². The van der Waals surface area contributed by atoms with E-state index in [0.717, 1.165) is 38.9 Å². The smallest absolute Gasteiger partial charge is 0.267 e. The molecule has 0 saturated heterocycles. The number of nitrogens with two attached hydrogens (primary N) is 1. The van der Waals surface area contributed by atoms with Gasteiger partial charge in [0.15, 0.2) is 11.5 Å². The van der Waals surface area contributed by atoms with Crippen molar-refractivity contribution in [2.24, 2.45) is 0 Å². The number of amides is 1. The third-order valence-electron chi connectivity index (χ3n) is 6.62. The summed E-state index contributed by atoms with van der Waals surface area (Å²) in [4.78, 5) is 19.4. The van der Waals surface area contributed by atoms with Gasteiger partial charge in [-0.05, 0) is 79.1 Å². The number of ether oxygens (including phenoxy) is 3. The van der Waals surface area contributed by atoms with Crippen LogP contribution in [0.5, 0.6) is 17.2 Å². The molecule has 7 nitrogen and oxygen atoms in total. The molecule has 5 aromatic rings. The van der Waals surface area contributed by atoms with E-state index in [4.69, 9.17) is 24.9 Å². The zero-order valence-electron chi connectivity index (χ0n) is 22.4. The van der Waals surface area contributed by atoms with Crippen molar-refractivity contribution in [3.05, 3.63) is 82.7 Å². The Hall–Kier alpha value is -4.56. The van der Waals surface area contributed by atoms with E-state index in [-0.39, 0.29) is 5.91 Å². The number of hydrogen-bond donors (Lipinski definition) is 2. The largest absolute Gasteiger partial charge is 0.497 e. The number of nitrogens with zero attached hydrogens (tertiary/aromatic N) is 1. The fraction of sp³-hybridized carbons (Fsp3) is 0.161. The van der Waals surface area contributed by atoms with Gasteiger partial charge in [0.1, 0.15) is 15.5 Å². The second-order valence-corrected chi connectivity index (χ2v) is 10.1. The second-order valence-electron chi connectivity index (χ2n) is 9.15. The van der Waals surface area contributed by atoms with Crippen molar-refractivity contribution in [2.45, 2.75) is 13.8 Å². The molecule has 0 saturated carbocycles. The number of carbonyl (C=O) groups excluding carboxylic acids is 1. The number of aryl methyl sites for hydroxylation is 2. The SMILES string of the molecule is COc1ccc(NC(=O)c2sc3nc(-c4cc(C)ccc4C)cc(-c4ccc(OC)c(OC)c4)c3c2N)cc1. The molecule has 198 valence electrons. The maximum absolute atomic E-state index is 13.4. The summed E-state index contributed by atoms with van der Waals surface area (Å²) in [5.74, 6) is 1.63. The topological polar surface area (TPSA) is 95.7 Å². The van der Waals surface area contributed by atoms with Crippen molar-refractivity contribution in [1.82, 2.24) is 4.98 Å². The van der Waals surface area contributed by atoms with Crippen LogP contribution < -0.4 is 25.3 Å². The maximum atomic E-state index is 13.4. The average Bonchev–Trinajstić information content (AvgIpc) is 3.30. The molecule has 0 aliphatic carbocycles. The zero-order valence-corrected chi connectivity index (χ0v) is 23.2. The summed E-state index contributed by atoms with van der Waals surface area (Å²) in [5, 5.41) is 3.66. The predicted octanol–water partition coefficient (Wildman–Crippen LogP) is 7.11. The summed E-state index contributed by atoms with van der Waals surface area (Å²) >= 11 is 1.28. The number of methoxy groups -OCH3 is 3. The van der Waals surface area contributed by atoms with E-state index in [1.165, 1.54) is 11.3 Å². The molecule has 5 rings (SSSR count). The van der Waals surface area contributed by atoms with Crippen LogP contribution in [0.1, 0.15) is 20.8 Å². The van der Waals surface area contributed by atoms with E-state index in [0.29, 0.717) is 38.3 Å². The van der Waals surface area contributed by atoms with Gasteiger partial charge in [0.05, 0.1) is 32.7 Å². The summed E-state index contributed by atoms with van der Waals surface area (Å²) in [5.41, 5.74) is 13.5. The third kappa shape index (κ3) is 4.98. The molecular formula is C31H29N3O4S. The Bertz CT molecular complexity index is 1690. The Morgan fingerprint density at radius 3 is 2.28 bits per heavy atom. The van der Waals surface area contributed by atoms with E-state index < -0.39 is 0 Å². The minimum absolute atomic E-state index is 0.299. The molecule has 2 heterocycles. The number of thiophene rings is 1. The van der Waals surface area contributed by atoms with Gasteiger partial charge < -0.3 is 25.3 Å². The number of rotatable bonds is 7. The highest BCUT2D eigenvalue weighted by Gasteiger charge is 2.23. The highest BCUT2D eigenvalue weighted by atomic mass is 32.1. The molecule has 0 aliphatic rings. The first-order chi connectivity index (χ1) is 18.8. The van der Waals surface area contributed by atoms with Gasteiger partial charge in [-0.15, -0.1) is 11.3 Å². The van der Waals surface area contributed by atoms with E-state index in [1.807, 2.05) is 24.3 Å². The van der Waals surface area contributed by atoms with Gasteiger partial charge in [0.2, 0.25) is 0 Å². The molecule has 0 unspecified atom stereocenters. The molecule has 0 bridgehead atoms.